The van der Waals surface area contributed by atoms with Gasteiger partial charge >= 0.3 is 0 Å². The summed E-state index contributed by atoms with van der Waals surface area (Å²) in [4.78, 5) is 3.99. The number of nitrogens with zero attached hydrogens (tertiary/aromatic N) is 1. The van der Waals surface area contributed by atoms with Crippen LogP contribution in [0.15, 0.2) is 24.4 Å². The summed E-state index contributed by atoms with van der Waals surface area (Å²) >= 11 is 6.99. The van der Waals surface area contributed by atoms with E-state index in [0.717, 1.165) is 18.2 Å². The second-order valence-corrected chi connectivity index (χ2v) is 4.78. The predicted molar refractivity (Wildman–Crippen MR) is 60.8 cm³/mol. The summed E-state index contributed by atoms with van der Waals surface area (Å²) < 4.78 is 26.6. The van der Waals surface area contributed by atoms with E-state index in [1.165, 1.54) is 17.5 Å². The van der Waals surface area contributed by atoms with Gasteiger partial charge in [0.25, 0.3) is 0 Å². The zero-order valence-electron chi connectivity index (χ0n) is 8.01. The first-order valence-electron chi connectivity index (χ1n) is 4.44. The van der Waals surface area contributed by atoms with Crippen molar-refractivity contribution in [2.45, 2.75) is 6.54 Å². The Morgan fingerprint density at radius 1 is 1.38 bits per heavy atom. The van der Waals surface area contributed by atoms with Gasteiger partial charge in [-0.25, -0.2) is 13.8 Å². The van der Waals surface area contributed by atoms with Crippen molar-refractivity contribution in [2.24, 2.45) is 0 Å². The molecule has 0 spiro atoms. The highest BCUT2D eigenvalue weighted by Gasteiger charge is 2.05. The molecule has 0 fully saturated rings. The minimum absolute atomic E-state index is 0.117. The molecule has 6 heteroatoms. The number of rotatable bonds is 3. The molecule has 2 nitrogen and oxygen atoms in total. The summed E-state index contributed by atoms with van der Waals surface area (Å²) in [6.45, 7) is 0.317. The minimum atomic E-state index is -0.496. The van der Waals surface area contributed by atoms with E-state index in [4.69, 9.17) is 11.6 Å². The molecule has 0 saturated heterocycles. The highest BCUT2D eigenvalue weighted by molar-refractivity contribution is 7.15. The Hall–Kier alpha value is -1.20. The SMILES string of the molecule is Fc1ccc(F)c(NCc2ncc(Cl)s2)c1. The minimum Gasteiger partial charge on any atom is -0.376 e. The van der Waals surface area contributed by atoms with Gasteiger partial charge in [0.15, 0.2) is 0 Å². The van der Waals surface area contributed by atoms with Crippen molar-refractivity contribution in [3.8, 4) is 0 Å². The molecule has 1 aromatic heterocycles. The summed E-state index contributed by atoms with van der Waals surface area (Å²) in [5, 5.41) is 3.47. The molecule has 0 saturated carbocycles. The number of halogens is 3. The van der Waals surface area contributed by atoms with Gasteiger partial charge in [0.05, 0.1) is 18.4 Å². The number of benzene rings is 1. The molecule has 0 radical (unpaired) electrons. The predicted octanol–water partition coefficient (Wildman–Crippen LogP) is 3.69. The van der Waals surface area contributed by atoms with E-state index in [0.29, 0.717) is 15.9 Å². The van der Waals surface area contributed by atoms with Gasteiger partial charge in [0, 0.05) is 0 Å². The van der Waals surface area contributed by atoms with E-state index < -0.39 is 11.6 Å². The van der Waals surface area contributed by atoms with Crippen molar-refractivity contribution >= 4 is 28.6 Å². The maximum absolute atomic E-state index is 13.2. The number of thiazole rings is 1. The number of hydrogen-bond donors (Lipinski definition) is 1. The first kappa shape index (κ1) is 11.3. The number of nitrogens with one attached hydrogen (secondary N) is 1. The van der Waals surface area contributed by atoms with E-state index in [-0.39, 0.29) is 5.69 Å². The fourth-order valence-corrected chi connectivity index (χ4v) is 2.07. The molecule has 16 heavy (non-hydrogen) atoms. The summed E-state index contributed by atoms with van der Waals surface area (Å²) in [6.07, 6.45) is 1.52. The van der Waals surface area contributed by atoms with E-state index >= 15 is 0 Å². The molecule has 1 N–H and O–H groups in total. The number of aromatic nitrogens is 1. The van der Waals surface area contributed by atoms with Crippen molar-refractivity contribution in [2.75, 3.05) is 5.32 Å². The Morgan fingerprint density at radius 2 is 2.19 bits per heavy atom. The second-order valence-electron chi connectivity index (χ2n) is 3.04. The number of anilines is 1. The van der Waals surface area contributed by atoms with Gasteiger partial charge in [-0.1, -0.05) is 11.6 Å². The molecule has 84 valence electrons. The van der Waals surface area contributed by atoms with Gasteiger partial charge < -0.3 is 5.32 Å². The van der Waals surface area contributed by atoms with Gasteiger partial charge in [-0.2, -0.15) is 0 Å². The maximum atomic E-state index is 13.2. The van der Waals surface area contributed by atoms with Crippen LogP contribution in [0.2, 0.25) is 4.34 Å². The zero-order chi connectivity index (χ0) is 11.5. The van der Waals surface area contributed by atoms with Crippen LogP contribution in [0.1, 0.15) is 5.01 Å². The van der Waals surface area contributed by atoms with Crippen LogP contribution >= 0.6 is 22.9 Å². The van der Waals surface area contributed by atoms with Crippen LogP contribution in [0.4, 0.5) is 14.5 Å². The van der Waals surface area contributed by atoms with Gasteiger partial charge in [-0.3, -0.25) is 0 Å². The van der Waals surface area contributed by atoms with Crippen LogP contribution in [0.25, 0.3) is 0 Å². The van der Waals surface area contributed by atoms with Gasteiger partial charge in [-0.05, 0) is 18.2 Å². The summed E-state index contributed by atoms with van der Waals surface area (Å²) in [7, 11) is 0. The molecule has 2 aromatic rings. The molecule has 0 unspecified atom stereocenters. The van der Waals surface area contributed by atoms with Crippen LogP contribution < -0.4 is 5.32 Å². The molecule has 0 aliphatic carbocycles. The monoisotopic (exact) mass is 260 g/mol. The van der Waals surface area contributed by atoms with Gasteiger partial charge in [-0.15, -0.1) is 11.3 Å². The molecule has 0 aliphatic rings. The first-order valence-corrected chi connectivity index (χ1v) is 5.64. The molecule has 0 bridgehead atoms. The molecular weight excluding hydrogens is 254 g/mol. The lowest BCUT2D eigenvalue weighted by atomic mass is 10.3. The van der Waals surface area contributed by atoms with Crippen molar-refractivity contribution in [1.82, 2.24) is 4.98 Å². The Kier molecular flexibility index (Phi) is 3.36. The molecule has 0 amide bonds. The lowest BCUT2D eigenvalue weighted by molar-refractivity contribution is 0.602. The van der Waals surface area contributed by atoms with E-state index in [1.54, 1.807) is 0 Å². The molecular formula is C10H7ClF2N2S. The summed E-state index contributed by atoms with van der Waals surface area (Å²) in [5.74, 6) is -0.981. The van der Waals surface area contributed by atoms with Gasteiger partial charge in [0.2, 0.25) is 0 Å². The Bertz CT molecular complexity index is 501. The largest absolute Gasteiger partial charge is 0.376 e. The Balaban J connectivity index is 2.07. The van der Waals surface area contributed by atoms with Crippen LogP contribution in [-0.2, 0) is 6.54 Å². The maximum Gasteiger partial charge on any atom is 0.146 e. The topological polar surface area (TPSA) is 24.9 Å². The van der Waals surface area contributed by atoms with E-state index in [9.17, 15) is 8.78 Å². The van der Waals surface area contributed by atoms with Crippen molar-refractivity contribution in [3.05, 3.63) is 45.4 Å². The number of hydrogen-bond acceptors (Lipinski definition) is 3. The summed E-state index contributed by atoms with van der Waals surface area (Å²) in [6, 6.07) is 3.25. The second kappa shape index (κ2) is 4.76. The normalized spacial score (nSPS) is 10.4. The highest BCUT2D eigenvalue weighted by Crippen LogP contribution is 2.20. The third-order valence-corrected chi connectivity index (χ3v) is 3.00. The molecule has 0 aliphatic heterocycles. The lowest BCUT2D eigenvalue weighted by Gasteiger charge is -2.05. The van der Waals surface area contributed by atoms with E-state index in [2.05, 4.69) is 10.3 Å². The first-order chi connectivity index (χ1) is 7.65. The Labute approximate surface area is 99.9 Å². The average Bonchev–Trinajstić information content (AvgIpc) is 2.66. The van der Waals surface area contributed by atoms with Crippen molar-refractivity contribution < 1.29 is 8.78 Å². The standard InChI is InChI=1S/C10H7ClF2N2S/c11-9-4-15-10(16-9)5-14-8-3-6(12)1-2-7(8)13/h1-4,14H,5H2. The third kappa shape index (κ3) is 2.68. The quantitative estimate of drug-likeness (QED) is 0.910. The lowest BCUT2D eigenvalue weighted by Crippen LogP contribution is -2.01. The fourth-order valence-electron chi connectivity index (χ4n) is 1.17. The van der Waals surface area contributed by atoms with E-state index in [1.807, 2.05) is 0 Å². The smallest absolute Gasteiger partial charge is 0.146 e. The average molecular weight is 261 g/mol. The van der Waals surface area contributed by atoms with Gasteiger partial charge in [0.1, 0.15) is 21.0 Å². The molecule has 0 atom stereocenters. The molecule has 1 aromatic carbocycles. The Morgan fingerprint density at radius 3 is 2.88 bits per heavy atom. The highest BCUT2D eigenvalue weighted by atomic mass is 35.5. The van der Waals surface area contributed by atoms with Crippen LogP contribution in [0, 0.1) is 11.6 Å². The fraction of sp³-hybridized carbons (Fsp3) is 0.100. The zero-order valence-corrected chi connectivity index (χ0v) is 9.58. The van der Waals surface area contributed by atoms with Crippen molar-refractivity contribution in [3.63, 3.8) is 0 Å². The summed E-state index contributed by atoms with van der Waals surface area (Å²) in [5.41, 5.74) is 0.117. The molecule has 2 rings (SSSR count). The van der Waals surface area contributed by atoms with Crippen LogP contribution in [-0.4, -0.2) is 4.98 Å². The molecule has 1 heterocycles. The van der Waals surface area contributed by atoms with Crippen LogP contribution in [0.3, 0.4) is 0 Å². The van der Waals surface area contributed by atoms with Crippen molar-refractivity contribution in [1.29, 1.82) is 0 Å². The van der Waals surface area contributed by atoms with Crippen LogP contribution in [0.5, 0.6) is 0 Å². The third-order valence-electron chi connectivity index (χ3n) is 1.88.